The summed E-state index contributed by atoms with van der Waals surface area (Å²) in [6.07, 6.45) is 5.58. The first kappa shape index (κ1) is 13.8. The maximum Gasteiger partial charge on any atom is 0.252 e. The van der Waals surface area contributed by atoms with Gasteiger partial charge in [-0.25, -0.2) is 4.98 Å². The van der Waals surface area contributed by atoms with Gasteiger partial charge in [-0.15, -0.1) is 0 Å². The molecule has 0 atom stereocenters. The average molecular weight is 344 g/mol. The number of carbonyl (C=O) groups is 1. The number of aryl methyl sites for hydroxylation is 1. The van der Waals surface area contributed by atoms with Crippen LogP contribution in [-0.4, -0.2) is 15.3 Å². The molecular weight excluding hydrogens is 330 g/mol. The fourth-order valence-electron chi connectivity index (χ4n) is 2.14. The van der Waals surface area contributed by atoms with Crippen LogP contribution in [0.3, 0.4) is 0 Å². The van der Waals surface area contributed by atoms with Gasteiger partial charge in [-0.2, -0.15) is 0 Å². The van der Waals surface area contributed by atoms with Gasteiger partial charge in [-0.1, -0.05) is 6.07 Å². The molecule has 0 saturated carbocycles. The van der Waals surface area contributed by atoms with Crippen LogP contribution in [0.4, 0.5) is 0 Å². The van der Waals surface area contributed by atoms with E-state index in [1.165, 1.54) is 0 Å². The van der Waals surface area contributed by atoms with Crippen molar-refractivity contribution in [1.29, 1.82) is 0 Å². The van der Waals surface area contributed by atoms with Crippen LogP contribution in [0, 0.1) is 6.92 Å². The second-order valence-electron chi connectivity index (χ2n) is 4.89. The fraction of sp³-hybridized carbons (Fsp3) is 0.125. The first-order valence-electron chi connectivity index (χ1n) is 6.59. The molecule has 21 heavy (non-hydrogen) atoms. The Balaban J connectivity index is 1.73. The number of pyridine rings is 1. The number of fused-ring (bicyclic) bond motifs is 1. The Kier molecular flexibility index (Phi) is 3.75. The van der Waals surface area contributed by atoms with Gasteiger partial charge in [0.2, 0.25) is 0 Å². The number of halogens is 1. The minimum absolute atomic E-state index is 0.0925. The number of imidazole rings is 1. The Labute approximate surface area is 131 Å². The van der Waals surface area contributed by atoms with E-state index < -0.39 is 0 Å². The molecule has 0 unspecified atom stereocenters. The molecular formula is C16H14BrN3O. The van der Waals surface area contributed by atoms with E-state index in [4.69, 9.17) is 0 Å². The third-order valence-electron chi connectivity index (χ3n) is 3.28. The molecule has 0 aliphatic carbocycles. The highest BCUT2D eigenvalue weighted by Gasteiger charge is 2.09. The monoisotopic (exact) mass is 343 g/mol. The molecule has 1 aromatic carbocycles. The number of benzene rings is 1. The largest absolute Gasteiger partial charge is 0.348 e. The second-order valence-corrected chi connectivity index (χ2v) is 5.75. The predicted octanol–water partition coefficient (Wildman–Crippen LogP) is 3.34. The predicted molar refractivity (Wildman–Crippen MR) is 85.2 cm³/mol. The first-order valence-corrected chi connectivity index (χ1v) is 7.39. The van der Waals surface area contributed by atoms with E-state index in [1.807, 2.05) is 54.0 Å². The number of carbonyl (C=O) groups excluding carboxylic acids is 1. The summed E-state index contributed by atoms with van der Waals surface area (Å²) >= 11 is 3.43. The molecule has 4 nitrogen and oxygen atoms in total. The minimum atomic E-state index is -0.0925. The Morgan fingerprint density at radius 3 is 2.95 bits per heavy atom. The number of hydrogen-bond donors (Lipinski definition) is 1. The van der Waals surface area contributed by atoms with Gasteiger partial charge in [0, 0.05) is 29.6 Å². The van der Waals surface area contributed by atoms with Crippen molar-refractivity contribution in [3.63, 3.8) is 0 Å². The molecule has 0 aliphatic rings. The number of aromatic nitrogens is 2. The Bertz CT molecular complexity index is 810. The molecule has 1 N–H and O–H groups in total. The van der Waals surface area contributed by atoms with E-state index in [9.17, 15) is 4.79 Å². The lowest BCUT2D eigenvalue weighted by molar-refractivity contribution is 0.0950. The lowest BCUT2D eigenvalue weighted by atomic mass is 10.1. The maximum atomic E-state index is 12.2. The van der Waals surface area contributed by atoms with E-state index in [2.05, 4.69) is 26.2 Å². The Hall–Kier alpha value is -2.14. The summed E-state index contributed by atoms with van der Waals surface area (Å²) in [6, 6.07) is 9.62. The molecule has 2 aromatic heterocycles. The number of nitrogens with zero attached hydrogens (tertiary/aromatic N) is 2. The molecule has 0 radical (unpaired) electrons. The highest BCUT2D eigenvalue weighted by Crippen LogP contribution is 2.18. The van der Waals surface area contributed by atoms with Crippen molar-refractivity contribution in [2.75, 3.05) is 0 Å². The highest BCUT2D eigenvalue weighted by atomic mass is 79.9. The van der Waals surface area contributed by atoms with Crippen LogP contribution in [0.5, 0.6) is 0 Å². The SMILES string of the molecule is Cc1ccc(C(=O)NCc2ccn3ccnc3c2)c(Br)c1. The number of rotatable bonds is 3. The topological polar surface area (TPSA) is 46.4 Å². The standard InChI is InChI=1S/C16H14BrN3O/c1-11-2-3-13(14(17)8-11)16(21)19-10-12-4-6-20-7-5-18-15(20)9-12/h2-9H,10H2,1H3,(H,19,21). The highest BCUT2D eigenvalue weighted by molar-refractivity contribution is 9.10. The van der Waals surface area contributed by atoms with Crippen LogP contribution in [-0.2, 0) is 6.54 Å². The summed E-state index contributed by atoms with van der Waals surface area (Å²) in [5.74, 6) is -0.0925. The van der Waals surface area contributed by atoms with Gasteiger partial charge >= 0.3 is 0 Å². The van der Waals surface area contributed by atoms with E-state index in [0.29, 0.717) is 12.1 Å². The fourth-order valence-corrected chi connectivity index (χ4v) is 2.82. The zero-order valence-corrected chi connectivity index (χ0v) is 13.1. The van der Waals surface area contributed by atoms with Crippen molar-refractivity contribution in [2.24, 2.45) is 0 Å². The van der Waals surface area contributed by atoms with Gasteiger partial charge in [-0.05, 0) is 58.2 Å². The number of hydrogen-bond acceptors (Lipinski definition) is 2. The number of amides is 1. The van der Waals surface area contributed by atoms with Crippen molar-refractivity contribution in [1.82, 2.24) is 14.7 Å². The van der Waals surface area contributed by atoms with Gasteiger partial charge in [0.1, 0.15) is 5.65 Å². The summed E-state index contributed by atoms with van der Waals surface area (Å²) in [5, 5.41) is 2.93. The van der Waals surface area contributed by atoms with Crippen molar-refractivity contribution >= 4 is 27.5 Å². The summed E-state index contributed by atoms with van der Waals surface area (Å²) < 4.78 is 2.74. The van der Waals surface area contributed by atoms with Crippen molar-refractivity contribution in [3.8, 4) is 0 Å². The third-order valence-corrected chi connectivity index (χ3v) is 3.94. The zero-order chi connectivity index (χ0) is 14.8. The molecule has 0 saturated heterocycles. The normalized spacial score (nSPS) is 10.8. The Morgan fingerprint density at radius 2 is 2.14 bits per heavy atom. The van der Waals surface area contributed by atoms with Crippen LogP contribution in [0.15, 0.2) is 53.4 Å². The Morgan fingerprint density at radius 1 is 1.29 bits per heavy atom. The summed E-state index contributed by atoms with van der Waals surface area (Å²) in [4.78, 5) is 16.4. The molecule has 3 aromatic rings. The zero-order valence-electron chi connectivity index (χ0n) is 11.5. The van der Waals surface area contributed by atoms with Crippen molar-refractivity contribution in [3.05, 3.63) is 70.1 Å². The number of nitrogens with one attached hydrogen (secondary N) is 1. The van der Waals surface area contributed by atoms with Gasteiger partial charge in [0.25, 0.3) is 5.91 Å². The quantitative estimate of drug-likeness (QED) is 0.792. The molecule has 2 heterocycles. The van der Waals surface area contributed by atoms with Gasteiger partial charge in [0.05, 0.1) is 5.56 Å². The molecule has 0 bridgehead atoms. The molecule has 5 heteroatoms. The van der Waals surface area contributed by atoms with Gasteiger partial charge in [0.15, 0.2) is 0 Å². The molecule has 106 valence electrons. The maximum absolute atomic E-state index is 12.2. The smallest absolute Gasteiger partial charge is 0.252 e. The molecule has 1 amide bonds. The third kappa shape index (κ3) is 2.97. The van der Waals surface area contributed by atoms with E-state index in [-0.39, 0.29) is 5.91 Å². The van der Waals surface area contributed by atoms with Crippen LogP contribution in [0.25, 0.3) is 5.65 Å². The van der Waals surface area contributed by atoms with Crippen LogP contribution >= 0.6 is 15.9 Å². The van der Waals surface area contributed by atoms with Gasteiger partial charge in [-0.3, -0.25) is 4.79 Å². The van der Waals surface area contributed by atoms with E-state index in [1.54, 1.807) is 6.20 Å². The summed E-state index contributed by atoms with van der Waals surface area (Å²) in [5.41, 5.74) is 3.65. The van der Waals surface area contributed by atoms with Crippen molar-refractivity contribution < 1.29 is 4.79 Å². The lowest BCUT2D eigenvalue weighted by Gasteiger charge is -2.08. The van der Waals surface area contributed by atoms with E-state index >= 15 is 0 Å². The minimum Gasteiger partial charge on any atom is -0.348 e. The first-order chi connectivity index (χ1) is 10.1. The van der Waals surface area contributed by atoms with Gasteiger partial charge < -0.3 is 9.72 Å². The summed E-state index contributed by atoms with van der Waals surface area (Å²) in [7, 11) is 0. The van der Waals surface area contributed by atoms with Crippen LogP contribution in [0.1, 0.15) is 21.5 Å². The van der Waals surface area contributed by atoms with Crippen LogP contribution < -0.4 is 5.32 Å². The molecule has 0 aliphatic heterocycles. The second kappa shape index (κ2) is 5.69. The van der Waals surface area contributed by atoms with Crippen LogP contribution in [0.2, 0.25) is 0 Å². The lowest BCUT2D eigenvalue weighted by Crippen LogP contribution is -2.23. The molecule has 3 rings (SSSR count). The molecule has 0 fully saturated rings. The molecule has 0 spiro atoms. The summed E-state index contributed by atoms with van der Waals surface area (Å²) in [6.45, 7) is 2.47. The van der Waals surface area contributed by atoms with E-state index in [0.717, 1.165) is 21.2 Å². The van der Waals surface area contributed by atoms with Crippen molar-refractivity contribution in [2.45, 2.75) is 13.5 Å². The average Bonchev–Trinajstić information content (AvgIpc) is 2.92.